The number of nitrogen functional groups attached to an aromatic ring is 1. The number of nitrogens with zero attached hydrogens (tertiary/aromatic N) is 2. The van der Waals surface area contributed by atoms with Gasteiger partial charge in [-0.25, -0.2) is 5.14 Å². The molecule has 1 aromatic carbocycles. The van der Waals surface area contributed by atoms with Crippen molar-refractivity contribution in [2.24, 2.45) is 5.14 Å². The van der Waals surface area contributed by atoms with Crippen molar-refractivity contribution in [1.82, 2.24) is 9.21 Å². The fourth-order valence-electron chi connectivity index (χ4n) is 2.02. The van der Waals surface area contributed by atoms with Crippen molar-refractivity contribution in [3.05, 3.63) is 28.8 Å². The lowest BCUT2D eigenvalue weighted by Crippen LogP contribution is -2.52. The molecule has 0 bridgehead atoms. The summed E-state index contributed by atoms with van der Waals surface area (Å²) in [6, 6.07) is 4.68. The third-order valence-corrected chi connectivity index (χ3v) is 4.52. The minimum atomic E-state index is -3.71. The quantitative estimate of drug-likeness (QED) is 0.741. The molecule has 0 spiro atoms. The van der Waals surface area contributed by atoms with Crippen molar-refractivity contribution in [3.63, 3.8) is 0 Å². The number of rotatable bonds is 2. The number of carbonyl (C=O) groups excluding carboxylic acids is 1. The molecule has 9 heteroatoms. The number of piperazine rings is 1. The molecular formula is C11H15ClN4O3S. The zero-order chi connectivity index (χ0) is 14.9. The van der Waals surface area contributed by atoms with Gasteiger partial charge < -0.3 is 10.6 Å². The number of hydrogen-bond donors (Lipinski definition) is 2. The lowest BCUT2D eigenvalue weighted by atomic mass is 10.1. The average molecular weight is 319 g/mol. The molecule has 20 heavy (non-hydrogen) atoms. The Balaban J connectivity index is 2.11. The summed E-state index contributed by atoms with van der Waals surface area (Å²) in [7, 11) is -3.71. The van der Waals surface area contributed by atoms with E-state index in [-0.39, 0.29) is 32.1 Å². The molecule has 0 radical (unpaired) electrons. The van der Waals surface area contributed by atoms with Crippen LogP contribution < -0.4 is 10.9 Å². The molecule has 1 saturated heterocycles. The highest BCUT2D eigenvalue weighted by atomic mass is 35.5. The number of anilines is 1. The average Bonchev–Trinajstić information content (AvgIpc) is 2.40. The third-order valence-electron chi connectivity index (χ3n) is 3.11. The normalized spacial score (nSPS) is 17.2. The predicted octanol–water partition coefficient (Wildman–Crippen LogP) is -0.116. The Bertz CT molecular complexity index is 627. The second kappa shape index (κ2) is 5.57. The van der Waals surface area contributed by atoms with Crippen LogP contribution in [0.4, 0.5) is 5.69 Å². The van der Waals surface area contributed by atoms with Crippen LogP contribution in [0.15, 0.2) is 18.2 Å². The van der Waals surface area contributed by atoms with E-state index in [1.807, 2.05) is 0 Å². The molecule has 7 nitrogen and oxygen atoms in total. The number of carbonyl (C=O) groups is 1. The van der Waals surface area contributed by atoms with Crippen LogP contribution >= 0.6 is 11.6 Å². The van der Waals surface area contributed by atoms with E-state index in [1.54, 1.807) is 12.1 Å². The van der Waals surface area contributed by atoms with Gasteiger partial charge in [-0.2, -0.15) is 12.7 Å². The van der Waals surface area contributed by atoms with Crippen LogP contribution in [0.25, 0.3) is 0 Å². The molecule has 0 atom stereocenters. The summed E-state index contributed by atoms with van der Waals surface area (Å²) in [4.78, 5) is 13.8. The predicted molar refractivity (Wildman–Crippen MR) is 76.4 cm³/mol. The molecule has 1 fully saturated rings. The molecule has 0 aliphatic carbocycles. The number of hydrogen-bond acceptors (Lipinski definition) is 4. The first kappa shape index (κ1) is 15.0. The Kier molecular flexibility index (Phi) is 4.19. The molecule has 1 aromatic rings. The molecule has 0 aromatic heterocycles. The molecule has 1 aliphatic rings. The fourth-order valence-corrected chi connectivity index (χ4v) is 2.89. The Morgan fingerprint density at radius 1 is 1.20 bits per heavy atom. The van der Waals surface area contributed by atoms with Crippen molar-refractivity contribution in [2.45, 2.75) is 0 Å². The SMILES string of the molecule is Nc1ccc(Cl)c(C(=O)N2CCN(S(N)(=O)=O)CC2)c1. The van der Waals surface area contributed by atoms with Crippen LogP contribution in [-0.2, 0) is 10.2 Å². The summed E-state index contributed by atoms with van der Waals surface area (Å²) in [5.41, 5.74) is 6.40. The van der Waals surface area contributed by atoms with E-state index >= 15 is 0 Å². The Labute approximate surface area is 122 Å². The first-order chi connectivity index (χ1) is 9.29. The second-order valence-electron chi connectivity index (χ2n) is 4.48. The maximum Gasteiger partial charge on any atom is 0.277 e. The highest BCUT2D eigenvalue weighted by Crippen LogP contribution is 2.21. The molecule has 1 amide bonds. The summed E-state index contributed by atoms with van der Waals surface area (Å²) < 4.78 is 23.5. The van der Waals surface area contributed by atoms with E-state index in [0.29, 0.717) is 16.3 Å². The number of amides is 1. The van der Waals surface area contributed by atoms with E-state index in [1.165, 1.54) is 11.0 Å². The third kappa shape index (κ3) is 3.21. The molecule has 1 heterocycles. The van der Waals surface area contributed by atoms with Gasteiger partial charge in [-0.05, 0) is 18.2 Å². The van der Waals surface area contributed by atoms with E-state index in [4.69, 9.17) is 22.5 Å². The highest BCUT2D eigenvalue weighted by molar-refractivity contribution is 7.86. The number of nitrogens with two attached hydrogens (primary N) is 2. The standard InChI is InChI=1S/C11H15ClN4O3S/c12-10-2-1-8(13)7-9(10)11(17)15-3-5-16(6-4-15)20(14,18)19/h1-2,7H,3-6,13H2,(H2,14,18,19). The minimum Gasteiger partial charge on any atom is -0.399 e. The molecule has 1 aliphatic heterocycles. The lowest BCUT2D eigenvalue weighted by Gasteiger charge is -2.33. The molecule has 0 saturated carbocycles. The van der Waals surface area contributed by atoms with Gasteiger partial charge in [0, 0.05) is 31.9 Å². The van der Waals surface area contributed by atoms with Gasteiger partial charge in [-0.3, -0.25) is 4.79 Å². The monoisotopic (exact) mass is 318 g/mol. The van der Waals surface area contributed by atoms with Crippen molar-refractivity contribution in [3.8, 4) is 0 Å². The lowest BCUT2D eigenvalue weighted by molar-refractivity contribution is 0.0698. The van der Waals surface area contributed by atoms with E-state index in [0.717, 1.165) is 4.31 Å². The van der Waals surface area contributed by atoms with Crippen LogP contribution in [-0.4, -0.2) is 49.7 Å². The van der Waals surface area contributed by atoms with Crippen LogP contribution in [0.2, 0.25) is 5.02 Å². The molecular weight excluding hydrogens is 304 g/mol. The summed E-state index contributed by atoms with van der Waals surface area (Å²) in [5.74, 6) is -0.267. The van der Waals surface area contributed by atoms with Crippen LogP contribution in [0.3, 0.4) is 0 Å². The largest absolute Gasteiger partial charge is 0.399 e. The smallest absolute Gasteiger partial charge is 0.277 e. The van der Waals surface area contributed by atoms with Gasteiger partial charge in [0.2, 0.25) is 0 Å². The van der Waals surface area contributed by atoms with Gasteiger partial charge in [0.25, 0.3) is 16.1 Å². The van der Waals surface area contributed by atoms with Crippen molar-refractivity contribution in [1.29, 1.82) is 0 Å². The van der Waals surface area contributed by atoms with Gasteiger partial charge in [0.05, 0.1) is 10.6 Å². The highest BCUT2D eigenvalue weighted by Gasteiger charge is 2.27. The molecule has 2 rings (SSSR count). The fraction of sp³-hybridized carbons (Fsp3) is 0.364. The number of benzene rings is 1. The molecule has 0 unspecified atom stereocenters. The van der Waals surface area contributed by atoms with E-state index in [9.17, 15) is 13.2 Å². The van der Waals surface area contributed by atoms with Crippen LogP contribution in [0.5, 0.6) is 0 Å². The van der Waals surface area contributed by atoms with Gasteiger partial charge >= 0.3 is 0 Å². The first-order valence-corrected chi connectivity index (χ1v) is 7.79. The zero-order valence-corrected chi connectivity index (χ0v) is 12.2. The van der Waals surface area contributed by atoms with E-state index < -0.39 is 10.2 Å². The Morgan fingerprint density at radius 2 is 1.80 bits per heavy atom. The Morgan fingerprint density at radius 3 is 2.35 bits per heavy atom. The van der Waals surface area contributed by atoms with Gasteiger partial charge in [-0.15, -0.1) is 0 Å². The second-order valence-corrected chi connectivity index (χ2v) is 6.43. The van der Waals surface area contributed by atoms with Crippen molar-refractivity contribution in [2.75, 3.05) is 31.9 Å². The molecule has 4 N–H and O–H groups in total. The Hall–Kier alpha value is -1.35. The van der Waals surface area contributed by atoms with Crippen molar-refractivity contribution >= 4 is 33.4 Å². The molecule has 110 valence electrons. The first-order valence-electron chi connectivity index (χ1n) is 5.91. The topological polar surface area (TPSA) is 110 Å². The van der Waals surface area contributed by atoms with Gasteiger partial charge in [0.1, 0.15) is 0 Å². The van der Waals surface area contributed by atoms with E-state index in [2.05, 4.69) is 0 Å². The van der Waals surface area contributed by atoms with Gasteiger partial charge in [0.15, 0.2) is 0 Å². The summed E-state index contributed by atoms with van der Waals surface area (Å²) in [6.45, 7) is 0.871. The summed E-state index contributed by atoms with van der Waals surface area (Å²) in [5, 5.41) is 5.36. The zero-order valence-electron chi connectivity index (χ0n) is 10.6. The summed E-state index contributed by atoms with van der Waals surface area (Å²) >= 11 is 5.98. The van der Waals surface area contributed by atoms with Crippen LogP contribution in [0, 0.1) is 0 Å². The maximum absolute atomic E-state index is 12.3. The van der Waals surface area contributed by atoms with Gasteiger partial charge in [-0.1, -0.05) is 11.6 Å². The maximum atomic E-state index is 12.3. The summed E-state index contributed by atoms with van der Waals surface area (Å²) in [6.07, 6.45) is 0. The number of halogens is 1. The van der Waals surface area contributed by atoms with Crippen LogP contribution in [0.1, 0.15) is 10.4 Å². The minimum absolute atomic E-state index is 0.171. The van der Waals surface area contributed by atoms with Crippen molar-refractivity contribution < 1.29 is 13.2 Å².